The average Bonchev–Trinajstić information content (AvgIpc) is 3.34. The molecule has 1 amide bonds. The highest BCUT2D eigenvalue weighted by atomic mass is 19.2. The first-order valence-electron chi connectivity index (χ1n) is 11.9. The molecular weight excluding hydrogens is 496 g/mol. The van der Waals surface area contributed by atoms with Crippen LogP contribution in [0.15, 0.2) is 55.1 Å². The minimum Gasteiger partial charge on any atom is -0.492 e. The van der Waals surface area contributed by atoms with Gasteiger partial charge in [0.15, 0.2) is 17.7 Å². The van der Waals surface area contributed by atoms with Gasteiger partial charge in [0.2, 0.25) is 5.91 Å². The number of nitrogens with two attached hydrogens (primary N) is 1. The Kier molecular flexibility index (Phi) is 8.13. The summed E-state index contributed by atoms with van der Waals surface area (Å²) < 4.78 is 35.1. The maximum atomic E-state index is 14.4. The lowest BCUT2D eigenvalue weighted by atomic mass is 9.95. The van der Waals surface area contributed by atoms with E-state index in [-0.39, 0.29) is 17.6 Å². The molecule has 2 aromatic heterocycles. The van der Waals surface area contributed by atoms with Gasteiger partial charge in [0.25, 0.3) is 0 Å². The molecule has 4 aromatic rings. The fraction of sp³-hybridized carbons (Fsp3) is 0.308. The third-order valence-corrected chi connectivity index (χ3v) is 5.86. The van der Waals surface area contributed by atoms with Crippen molar-refractivity contribution >= 4 is 28.3 Å². The zero-order valence-electron chi connectivity index (χ0n) is 21.0. The standard InChI is InChI=1S/C26H29F2N7O3/c1-26(2,14-36)13-30-8-9-38-17-6-7-18-21(10-17)31-15-32-25(18)34-16-11-33-35(12-16)23(24(29)37)19-4-3-5-20(27)22(19)28/h3-7,10-12,15,23,30,36H,8-9,13-14H2,1-2H3,(H2,29,37)(H,31,32,34). The number of carbonyl (C=O) groups is 1. The number of nitrogens with one attached hydrogen (secondary N) is 2. The van der Waals surface area contributed by atoms with Crippen LogP contribution < -0.4 is 21.1 Å². The zero-order valence-corrected chi connectivity index (χ0v) is 21.0. The fourth-order valence-corrected chi connectivity index (χ4v) is 3.79. The van der Waals surface area contributed by atoms with Gasteiger partial charge in [-0.2, -0.15) is 5.10 Å². The molecular formula is C26H29F2N7O3. The van der Waals surface area contributed by atoms with Crippen LogP contribution in [0, 0.1) is 17.0 Å². The van der Waals surface area contributed by atoms with E-state index < -0.39 is 23.6 Å². The molecule has 1 atom stereocenters. The molecule has 1 unspecified atom stereocenters. The maximum Gasteiger partial charge on any atom is 0.247 e. The molecule has 0 spiro atoms. The number of anilines is 2. The summed E-state index contributed by atoms with van der Waals surface area (Å²) in [6.45, 7) is 5.77. The van der Waals surface area contributed by atoms with E-state index >= 15 is 0 Å². The SMILES string of the molecule is CC(C)(CO)CNCCOc1ccc2c(Nc3cnn(C(C(N)=O)c4cccc(F)c4F)c3)ncnc2c1. The number of primary amides is 1. The first kappa shape index (κ1) is 26.9. The van der Waals surface area contributed by atoms with E-state index in [9.17, 15) is 18.7 Å². The number of amides is 1. The molecule has 200 valence electrons. The summed E-state index contributed by atoms with van der Waals surface area (Å²) in [6, 6.07) is 7.60. The van der Waals surface area contributed by atoms with E-state index in [1.54, 1.807) is 12.1 Å². The van der Waals surface area contributed by atoms with Crippen molar-refractivity contribution < 1.29 is 23.4 Å². The number of aliphatic hydroxyl groups excluding tert-OH is 1. The third kappa shape index (κ3) is 6.21. The summed E-state index contributed by atoms with van der Waals surface area (Å²) in [4.78, 5) is 20.7. The minimum absolute atomic E-state index is 0.0969. The van der Waals surface area contributed by atoms with Crippen LogP contribution in [-0.4, -0.2) is 57.1 Å². The Morgan fingerprint density at radius 3 is 2.82 bits per heavy atom. The summed E-state index contributed by atoms with van der Waals surface area (Å²) in [5, 5.41) is 20.5. The number of hydrogen-bond donors (Lipinski definition) is 4. The Bertz CT molecular complexity index is 1430. The van der Waals surface area contributed by atoms with Crippen molar-refractivity contribution in [1.29, 1.82) is 0 Å². The molecule has 4 rings (SSSR count). The second-order valence-electron chi connectivity index (χ2n) is 9.53. The van der Waals surface area contributed by atoms with Crippen molar-refractivity contribution in [2.45, 2.75) is 19.9 Å². The van der Waals surface area contributed by atoms with Gasteiger partial charge in [0, 0.05) is 48.3 Å². The number of carbonyl (C=O) groups excluding carboxylic acids is 1. The predicted octanol–water partition coefficient (Wildman–Crippen LogP) is 2.91. The van der Waals surface area contributed by atoms with E-state index in [0.29, 0.717) is 47.9 Å². The summed E-state index contributed by atoms with van der Waals surface area (Å²) in [5.41, 5.74) is 6.16. The molecule has 0 fully saturated rings. The molecule has 10 nitrogen and oxygen atoms in total. The monoisotopic (exact) mass is 525 g/mol. The molecule has 0 bridgehead atoms. The minimum atomic E-state index is -1.34. The number of aliphatic hydroxyl groups is 1. The number of nitrogens with zero attached hydrogens (tertiary/aromatic N) is 4. The van der Waals surface area contributed by atoms with Crippen LogP contribution in [0.3, 0.4) is 0 Å². The Morgan fingerprint density at radius 1 is 1.24 bits per heavy atom. The Morgan fingerprint density at radius 2 is 2.05 bits per heavy atom. The van der Waals surface area contributed by atoms with Gasteiger partial charge >= 0.3 is 0 Å². The summed E-state index contributed by atoms with van der Waals surface area (Å²) in [6.07, 6.45) is 4.27. The van der Waals surface area contributed by atoms with E-state index in [1.807, 2.05) is 19.9 Å². The number of aromatic nitrogens is 4. The van der Waals surface area contributed by atoms with Crippen LogP contribution in [0.4, 0.5) is 20.3 Å². The van der Waals surface area contributed by atoms with Crippen molar-refractivity contribution in [3.05, 3.63) is 72.3 Å². The van der Waals surface area contributed by atoms with Crippen molar-refractivity contribution in [3.8, 4) is 5.75 Å². The second-order valence-corrected chi connectivity index (χ2v) is 9.53. The molecule has 0 saturated carbocycles. The fourth-order valence-electron chi connectivity index (χ4n) is 3.79. The van der Waals surface area contributed by atoms with Gasteiger partial charge < -0.3 is 26.2 Å². The molecule has 5 N–H and O–H groups in total. The molecule has 0 radical (unpaired) electrons. The molecule has 2 heterocycles. The van der Waals surface area contributed by atoms with E-state index in [1.165, 1.54) is 30.9 Å². The molecule has 12 heteroatoms. The van der Waals surface area contributed by atoms with E-state index in [0.717, 1.165) is 10.7 Å². The third-order valence-electron chi connectivity index (χ3n) is 5.86. The topological polar surface area (TPSA) is 140 Å². The van der Waals surface area contributed by atoms with Crippen molar-refractivity contribution in [3.63, 3.8) is 0 Å². The predicted molar refractivity (Wildman–Crippen MR) is 138 cm³/mol. The highest BCUT2D eigenvalue weighted by Crippen LogP contribution is 2.28. The Labute approximate surface area is 217 Å². The molecule has 0 aliphatic carbocycles. The number of ether oxygens (including phenoxy) is 1. The van der Waals surface area contributed by atoms with E-state index in [2.05, 4.69) is 25.7 Å². The lowest BCUT2D eigenvalue weighted by Crippen LogP contribution is -2.34. The first-order chi connectivity index (χ1) is 18.2. The van der Waals surface area contributed by atoms with Crippen molar-refractivity contribution in [1.82, 2.24) is 25.1 Å². The second kappa shape index (κ2) is 11.5. The first-order valence-corrected chi connectivity index (χ1v) is 11.9. The van der Waals surface area contributed by atoms with Gasteiger partial charge in [-0.3, -0.25) is 9.48 Å². The summed E-state index contributed by atoms with van der Waals surface area (Å²) >= 11 is 0. The van der Waals surface area contributed by atoms with Crippen molar-refractivity contribution in [2.24, 2.45) is 11.1 Å². The van der Waals surface area contributed by atoms with Crippen LogP contribution >= 0.6 is 0 Å². The van der Waals surface area contributed by atoms with E-state index in [4.69, 9.17) is 10.5 Å². The van der Waals surface area contributed by atoms with Crippen LogP contribution in [0.25, 0.3) is 10.9 Å². The van der Waals surface area contributed by atoms with Crippen LogP contribution in [-0.2, 0) is 4.79 Å². The Balaban J connectivity index is 1.46. The average molecular weight is 526 g/mol. The summed E-state index contributed by atoms with van der Waals surface area (Å²) in [7, 11) is 0. The maximum absolute atomic E-state index is 14.4. The largest absolute Gasteiger partial charge is 0.492 e. The quantitative estimate of drug-likeness (QED) is 0.207. The zero-order chi connectivity index (χ0) is 27.3. The number of hydrogen-bond acceptors (Lipinski definition) is 8. The smallest absolute Gasteiger partial charge is 0.247 e. The lowest BCUT2D eigenvalue weighted by Gasteiger charge is -2.21. The molecule has 38 heavy (non-hydrogen) atoms. The van der Waals surface area contributed by atoms with Crippen LogP contribution in [0.5, 0.6) is 5.75 Å². The van der Waals surface area contributed by atoms with Gasteiger partial charge in [-0.25, -0.2) is 18.7 Å². The number of benzene rings is 2. The van der Waals surface area contributed by atoms with Gasteiger partial charge in [-0.15, -0.1) is 0 Å². The number of halogens is 2. The van der Waals surface area contributed by atoms with Crippen molar-refractivity contribution in [2.75, 3.05) is 31.6 Å². The molecule has 2 aromatic carbocycles. The molecule has 0 aliphatic heterocycles. The molecule has 0 saturated heterocycles. The van der Waals surface area contributed by atoms with Gasteiger partial charge in [0.05, 0.1) is 17.4 Å². The Hall–Kier alpha value is -4.16. The highest BCUT2D eigenvalue weighted by molar-refractivity contribution is 5.91. The van der Waals surface area contributed by atoms with Gasteiger partial charge in [-0.05, 0) is 18.2 Å². The number of rotatable bonds is 12. The van der Waals surface area contributed by atoms with Crippen LogP contribution in [0.1, 0.15) is 25.5 Å². The highest BCUT2D eigenvalue weighted by Gasteiger charge is 2.26. The van der Waals surface area contributed by atoms with Crippen LogP contribution in [0.2, 0.25) is 0 Å². The van der Waals surface area contributed by atoms with Gasteiger partial charge in [-0.1, -0.05) is 26.0 Å². The lowest BCUT2D eigenvalue weighted by molar-refractivity contribution is -0.120. The van der Waals surface area contributed by atoms with Gasteiger partial charge in [0.1, 0.15) is 24.5 Å². The summed E-state index contributed by atoms with van der Waals surface area (Å²) in [5.74, 6) is -2.03. The number of fused-ring (bicyclic) bond motifs is 1. The molecule has 0 aliphatic rings. The normalized spacial score (nSPS) is 12.4.